The Morgan fingerprint density at radius 2 is 2.00 bits per heavy atom. The van der Waals surface area contributed by atoms with Gasteiger partial charge in [0.15, 0.2) is 5.84 Å². The second-order valence-corrected chi connectivity index (χ2v) is 5.72. The zero-order valence-electron chi connectivity index (χ0n) is 11.9. The number of ketones is 1. The van der Waals surface area contributed by atoms with E-state index in [1.54, 1.807) is 0 Å². The van der Waals surface area contributed by atoms with Gasteiger partial charge in [-0.05, 0) is 47.0 Å². The average molecular weight is 392 g/mol. The molecule has 0 spiro atoms. The van der Waals surface area contributed by atoms with E-state index in [1.165, 1.54) is 18.2 Å². The van der Waals surface area contributed by atoms with E-state index < -0.39 is 5.82 Å². The van der Waals surface area contributed by atoms with Crippen LogP contribution < -0.4 is 10.6 Å². The van der Waals surface area contributed by atoms with E-state index in [-0.39, 0.29) is 22.0 Å². The molecule has 2 rings (SSSR count). The molecule has 1 aliphatic carbocycles. The summed E-state index contributed by atoms with van der Waals surface area (Å²) < 4.78 is 13.4. The van der Waals surface area contributed by atoms with E-state index in [1.807, 2.05) is 5.48 Å². The molecule has 0 bridgehead atoms. The Kier molecular flexibility index (Phi) is 8.62. The van der Waals surface area contributed by atoms with Gasteiger partial charge in [-0.1, -0.05) is 19.3 Å². The maximum Gasteiger partial charge on any atom is 0.202 e. The van der Waals surface area contributed by atoms with Crippen LogP contribution in [0, 0.1) is 11.7 Å². The lowest BCUT2D eigenvalue weighted by Gasteiger charge is -2.20. The summed E-state index contributed by atoms with van der Waals surface area (Å²) in [5, 5.41) is 13.3. The van der Waals surface area contributed by atoms with E-state index in [0.29, 0.717) is 5.69 Å². The van der Waals surface area contributed by atoms with Crippen LogP contribution in [0.4, 0.5) is 10.1 Å². The van der Waals surface area contributed by atoms with Crippen molar-refractivity contribution in [3.63, 3.8) is 0 Å². The molecule has 0 saturated heterocycles. The number of aliphatic imine (C=N–C) groups is 1. The highest BCUT2D eigenvalue weighted by Gasteiger charge is 2.25. The molecule has 1 aliphatic rings. The van der Waals surface area contributed by atoms with Gasteiger partial charge in [-0.15, -0.1) is 12.8 Å². The summed E-state index contributed by atoms with van der Waals surface area (Å²) in [5.41, 5.74) is 2.27. The SMILES string of the molecule is NS.O=C(C(=Nc1ccc(F)c(Br)c1)NO)C1CCCCC1. The number of nitrogens with two attached hydrogens (primary N) is 1. The van der Waals surface area contributed by atoms with Gasteiger partial charge in [-0.25, -0.2) is 14.9 Å². The molecule has 0 amide bonds. The van der Waals surface area contributed by atoms with Crippen LogP contribution in [0.15, 0.2) is 27.7 Å². The van der Waals surface area contributed by atoms with Gasteiger partial charge in [-0.2, -0.15) is 0 Å². The number of Topliss-reactive ketones (excluding diaryl/α,β-unsaturated/α-hetero) is 1. The molecule has 5 nitrogen and oxygen atoms in total. The quantitative estimate of drug-likeness (QED) is 0.274. The van der Waals surface area contributed by atoms with Gasteiger partial charge in [0, 0.05) is 5.92 Å². The van der Waals surface area contributed by atoms with Crippen molar-refractivity contribution in [3.8, 4) is 0 Å². The second kappa shape index (κ2) is 9.94. The van der Waals surface area contributed by atoms with Gasteiger partial charge in [0.2, 0.25) is 5.78 Å². The molecule has 8 heteroatoms. The minimum atomic E-state index is -0.402. The molecule has 1 aromatic rings. The summed E-state index contributed by atoms with van der Waals surface area (Å²) in [6.45, 7) is 0. The van der Waals surface area contributed by atoms with E-state index in [0.717, 1.165) is 32.1 Å². The third-order valence-corrected chi connectivity index (χ3v) is 4.07. The standard InChI is InChI=1S/C14H16BrFN2O2.H3NS/c15-11-8-10(6-7-12(11)16)17-14(18-20)13(19)9-4-2-1-3-5-9;1-2/h6-9,20H,1-5H2,(H,17,18);2H,1H2. The van der Waals surface area contributed by atoms with Crippen LogP contribution in [-0.2, 0) is 4.79 Å². The number of nitrogens with one attached hydrogen (secondary N) is 1. The third kappa shape index (κ3) is 5.35. The first-order chi connectivity index (χ1) is 10.6. The van der Waals surface area contributed by atoms with Gasteiger partial charge in [0.1, 0.15) is 5.82 Å². The normalized spacial score (nSPS) is 15.8. The van der Waals surface area contributed by atoms with Crippen molar-refractivity contribution in [2.24, 2.45) is 16.0 Å². The summed E-state index contributed by atoms with van der Waals surface area (Å²) in [6.07, 6.45) is 4.85. The fourth-order valence-corrected chi connectivity index (χ4v) is 2.74. The summed E-state index contributed by atoms with van der Waals surface area (Å²) in [4.78, 5) is 16.3. The van der Waals surface area contributed by atoms with Crippen molar-refractivity contribution in [1.29, 1.82) is 0 Å². The molecule has 1 aromatic carbocycles. The largest absolute Gasteiger partial charge is 0.290 e. The molecule has 0 atom stereocenters. The minimum Gasteiger partial charge on any atom is -0.290 e. The molecule has 22 heavy (non-hydrogen) atoms. The highest BCUT2D eigenvalue weighted by molar-refractivity contribution is 9.10. The predicted molar refractivity (Wildman–Crippen MR) is 90.9 cm³/mol. The van der Waals surface area contributed by atoms with Crippen molar-refractivity contribution < 1.29 is 14.4 Å². The van der Waals surface area contributed by atoms with E-state index in [9.17, 15) is 9.18 Å². The smallest absolute Gasteiger partial charge is 0.202 e. The van der Waals surface area contributed by atoms with Crippen LogP contribution in [0.5, 0.6) is 0 Å². The number of hydrogen-bond donors (Lipinski definition) is 4. The van der Waals surface area contributed by atoms with Crippen molar-refractivity contribution >= 4 is 46.1 Å². The number of rotatable bonds is 3. The molecule has 4 N–H and O–H groups in total. The molecule has 0 unspecified atom stereocenters. The highest BCUT2D eigenvalue weighted by Crippen LogP contribution is 2.26. The fraction of sp³-hybridized carbons (Fsp3) is 0.429. The summed E-state index contributed by atoms with van der Waals surface area (Å²) in [6, 6.07) is 4.16. The number of carbonyl (C=O) groups excluding carboxylic acids is 1. The van der Waals surface area contributed by atoms with Crippen molar-refractivity contribution in [2.45, 2.75) is 32.1 Å². The topological polar surface area (TPSA) is 87.7 Å². The Balaban J connectivity index is 0.00000116. The summed E-state index contributed by atoms with van der Waals surface area (Å²) in [5.74, 6) is -0.768. The predicted octanol–water partition coefficient (Wildman–Crippen LogP) is 3.54. The summed E-state index contributed by atoms with van der Waals surface area (Å²) in [7, 11) is 0. The highest BCUT2D eigenvalue weighted by atomic mass is 79.9. The van der Waals surface area contributed by atoms with Crippen LogP contribution in [0.3, 0.4) is 0 Å². The lowest BCUT2D eigenvalue weighted by atomic mass is 9.86. The van der Waals surface area contributed by atoms with Gasteiger partial charge >= 0.3 is 0 Å². The van der Waals surface area contributed by atoms with Crippen LogP contribution in [-0.4, -0.2) is 16.8 Å². The number of carbonyl (C=O) groups is 1. The number of benzene rings is 1. The average Bonchev–Trinajstić information content (AvgIpc) is 2.58. The Morgan fingerprint density at radius 1 is 1.36 bits per heavy atom. The first-order valence-corrected chi connectivity index (χ1v) is 8.16. The van der Waals surface area contributed by atoms with Gasteiger partial charge < -0.3 is 0 Å². The molecule has 0 radical (unpaired) electrons. The van der Waals surface area contributed by atoms with Crippen LogP contribution >= 0.6 is 28.7 Å². The first-order valence-electron chi connectivity index (χ1n) is 6.85. The number of amidine groups is 1. The Morgan fingerprint density at radius 3 is 2.55 bits per heavy atom. The molecule has 0 aromatic heterocycles. The molecular weight excluding hydrogens is 373 g/mol. The molecular formula is C14H19BrFN3O2S. The first kappa shape index (κ1) is 19.1. The van der Waals surface area contributed by atoms with E-state index >= 15 is 0 Å². The van der Waals surface area contributed by atoms with Gasteiger partial charge in [0.05, 0.1) is 10.2 Å². The zero-order valence-corrected chi connectivity index (χ0v) is 14.4. The fourth-order valence-electron chi connectivity index (χ4n) is 2.38. The number of nitrogens with zero attached hydrogens (tertiary/aromatic N) is 1. The van der Waals surface area contributed by atoms with Crippen LogP contribution in [0.25, 0.3) is 0 Å². The molecule has 122 valence electrons. The second-order valence-electron chi connectivity index (χ2n) is 4.87. The maximum absolute atomic E-state index is 13.1. The van der Waals surface area contributed by atoms with Crippen molar-refractivity contribution in [2.75, 3.05) is 0 Å². The molecule has 1 fully saturated rings. The number of hydrogen-bond acceptors (Lipinski definition) is 5. The van der Waals surface area contributed by atoms with Gasteiger partial charge in [0.25, 0.3) is 0 Å². The Labute approximate surface area is 142 Å². The summed E-state index contributed by atoms with van der Waals surface area (Å²) >= 11 is 6.09. The molecule has 1 saturated carbocycles. The molecule has 0 aliphatic heterocycles. The van der Waals surface area contributed by atoms with E-state index in [2.05, 4.69) is 38.9 Å². The minimum absolute atomic E-state index is 0.0876. The monoisotopic (exact) mass is 391 g/mol. The lowest BCUT2D eigenvalue weighted by Crippen LogP contribution is -2.34. The lowest BCUT2D eigenvalue weighted by molar-refractivity contribution is -0.117. The van der Waals surface area contributed by atoms with Gasteiger partial charge in [-0.3, -0.25) is 15.1 Å². The van der Waals surface area contributed by atoms with Crippen LogP contribution in [0.1, 0.15) is 32.1 Å². The van der Waals surface area contributed by atoms with Crippen molar-refractivity contribution in [1.82, 2.24) is 5.48 Å². The number of thiol groups is 1. The zero-order chi connectivity index (χ0) is 16.5. The Bertz CT molecular complexity index is 537. The Hall–Kier alpha value is -0.960. The van der Waals surface area contributed by atoms with Crippen LogP contribution in [0.2, 0.25) is 0 Å². The maximum atomic E-state index is 13.1. The van der Waals surface area contributed by atoms with E-state index in [4.69, 9.17) is 5.21 Å². The molecule has 0 heterocycles. The third-order valence-electron chi connectivity index (χ3n) is 3.46. The van der Waals surface area contributed by atoms with Crippen molar-refractivity contribution in [3.05, 3.63) is 28.5 Å². The number of halogens is 2. The number of hydroxylamine groups is 1.